The number of aromatic nitrogens is 1. The molecule has 1 aliphatic rings. The predicted molar refractivity (Wildman–Crippen MR) is 141 cm³/mol. The standard InChI is InChI=1S/C26H31N5O3S/c1-3-30(16-24(32)27-21-8-10-22(11-9-21)31-12-14-34-15-13-31)17-25(33)29-26-28-23(18-35-26)20-6-4-19(2)5-7-20/h4-11,18H,3,12-17H2,1-2H3,(H,27,32)(H,28,29,33). The first-order valence-corrected chi connectivity index (χ1v) is 12.7. The molecule has 9 heteroatoms. The Bertz CT molecular complexity index is 1120. The minimum absolute atomic E-state index is 0.110. The Morgan fingerprint density at radius 2 is 1.66 bits per heavy atom. The van der Waals surface area contributed by atoms with E-state index in [9.17, 15) is 9.59 Å². The van der Waals surface area contributed by atoms with E-state index in [1.807, 2.05) is 67.8 Å². The van der Waals surface area contributed by atoms with Crippen molar-refractivity contribution in [2.75, 3.05) is 61.5 Å². The van der Waals surface area contributed by atoms with Crippen molar-refractivity contribution in [3.05, 3.63) is 59.5 Å². The Balaban J connectivity index is 1.25. The van der Waals surface area contributed by atoms with Gasteiger partial charge < -0.3 is 20.3 Å². The van der Waals surface area contributed by atoms with Crippen molar-refractivity contribution in [2.45, 2.75) is 13.8 Å². The van der Waals surface area contributed by atoms with Crippen LogP contribution >= 0.6 is 11.3 Å². The van der Waals surface area contributed by atoms with Gasteiger partial charge in [-0.1, -0.05) is 36.8 Å². The van der Waals surface area contributed by atoms with E-state index in [1.165, 1.54) is 16.9 Å². The number of likely N-dealkylation sites (N-methyl/N-ethyl adjacent to an activating group) is 1. The first-order valence-electron chi connectivity index (χ1n) is 11.8. The zero-order valence-electron chi connectivity index (χ0n) is 20.1. The summed E-state index contributed by atoms with van der Waals surface area (Å²) in [5.41, 5.74) is 4.88. The molecule has 1 fully saturated rings. The third kappa shape index (κ3) is 7.11. The molecule has 0 saturated carbocycles. The molecule has 0 unspecified atom stereocenters. The van der Waals surface area contributed by atoms with Gasteiger partial charge in [-0.15, -0.1) is 11.3 Å². The second-order valence-electron chi connectivity index (χ2n) is 8.45. The topological polar surface area (TPSA) is 86.8 Å². The van der Waals surface area contributed by atoms with Gasteiger partial charge in [-0.3, -0.25) is 14.5 Å². The number of carbonyl (C=O) groups excluding carboxylic acids is 2. The van der Waals surface area contributed by atoms with Crippen LogP contribution in [-0.2, 0) is 14.3 Å². The molecule has 35 heavy (non-hydrogen) atoms. The number of hydrogen-bond acceptors (Lipinski definition) is 7. The molecule has 2 N–H and O–H groups in total. The van der Waals surface area contributed by atoms with Crippen molar-refractivity contribution in [1.82, 2.24) is 9.88 Å². The van der Waals surface area contributed by atoms with E-state index in [4.69, 9.17) is 4.74 Å². The monoisotopic (exact) mass is 493 g/mol. The van der Waals surface area contributed by atoms with Crippen LogP contribution in [0.1, 0.15) is 12.5 Å². The minimum Gasteiger partial charge on any atom is -0.378 e. The Labute approximate surface area is 209 Å². The molecule has 0 bridgehead atoms. The number of anilines is 3. The molecule has 184 valence electrons. The number of ether oxygens (including phenoxy) is 1. The van der Waals surface area contributed by atoms with Gasteiger partial charge in [-0.25, -0.2) is 4.98 Å². The normalized spacial score (nSPS) is 13.6. The fourth-order valence-corrected chi connectivity index (χ4v) is 4.55. The number of morpholine rings is 1. The number of rotatable bonds is 9. The highest BCUT2D eigenvalue weighted by molar-refractivity contribution is 7.14. The van der Waals surface area contributed by atoms with E-state index in [1.54, 1.807) is 4.90 Å². The lowest BCUT2D eigenvalue weighted by Crippen LogP contribution is -2.38. The third-order valence-electron chi connectivity index (χ3n) is 5.81. The van der Waals surface area contributed by atoms with Crippen LogP contribution in [0.15, 0.2) is 53.9 Å². The maximum atomic E-state index is 12.6. The lowest BCUT2D eigenvalue weighted by atomic mass is 10.1. The van der Waals surface area contributed by atoms with Crippen molar-refractivity contribution in [2.24, 2.45) is 0 Å². The van der Waals surface area contributed by atoms with Crippen molar-refractivity contribution >= 4 is 39.7 Å². The number of aryl methyl sites for hydroxylation is 1. The lowest BCUT2D eigenvalue weighted by molar-refractivity contribution is -0.119. The Hall–Kier alpha value is -3.27. The molecule has 1 aromatic heterocycles. The third-order valence-corrected chi connectivity index (χ3v) is 6.56. The highest BCUT2D eigenvalue weighted by atomic mass is 32.1. The zero-order chi connectivity index (χ0) is 24.6. The van der Waals surface area contributed by atoms with Crippen molar-refractivity contribution in [3.8, 4) is 11.3 Å². The van der Waals surface area contributed by atoms with Gasteiger partial charge in [-0.05, 0) is 37.7 Å². The largest absolute Gasteiger partial charge is 0.378 e. The Morgan fingerprint density at radius 3 is 2.31 bits per heavy atom. The van der Waals surface area contributed by atoms with Gasteiger partial charge in [0.15, 0.2) is 5.13 Å². The highest BCUT2D eigenvalue weighted by Gasteiger charge is 2.16. The Kier molecular flexibility index (Phi) is 8.46. The van der Waals surface area contributed by atoms with Gasteiger partial charge in [0, 0.05) is 35.4 Å². The molecular weight excluding hydrogens is 462 g/mol. The highest BCUT2D eigenvalue weighted by Crippen LogP contribution is 2.25. The van der Waals surface area contributed by atoms with E-state index in [0.717, 1.165) is 48.9 Å². The summed E-state index contributed by atoms with van der Waals surface area (Å²) < 4.78 is 5.39. The molecular formula is C26H31N5O3S. The molecule has 3 aromatic rings. The predicted octanol–water partition coefficient (Wildman–Crippen LogP) is 3.85. The molecule has 2 amide bonds. The molecule has 0 atom stereocenters. The summed E-state index contributed by atoms with van der Waals surface area (Å²) in [5, 5.41) is 8.24. The van der Waals surface area contributed by atoms with Crippen molar-refractivity contribution < 1.29 is 14.3 Å². The quantitative estimate of drug-likeness (QED) is 0.471. The summed E-state index contributed by atoms with van der Waals surface area (Å²) in [7, 11) is 0. The van der Waals surface area contributed by atoms with Crippen molar-refractivity contribution in [3.63, 3.8) is 0 Å². The molecule has 2 heterocycles. The Morgan fingerprint density at radius 1 is 1.00 bits per heavy atom. The fourth-order valence-electron chi connectivity index (χ4n) is 3.81. The molecule has 0 aliphatic carbocycles. The summed E-state index contributed by atoms with van der Waals surface area (Å²) in [6.07, 6.45) is 0. The number of carbonyl (C=O) groups is 2. The van der Waals surface area contributed by atoms with E-state index >= 15 is 0 Å². The fraction of sp³-hybridized carbons (Fsp3) is 0.346. The maximum Gasteiger partial charge on any atom is 0.240 e. The van der Waals surface area contributed by atoms with Crippen LogP contribution in [0, 0.1) is 6.92 Å². The van der Waals surface area contributed by atoms with Gasteiger partial charge in [0.2, 0.25) is 11.8 Å². The van der Waals surface area contributed by atoms with Crippen LogP contribution in [-0.4, -0.2) is 67.6 Å². The smallest absolute Gasteiger partial charge is 0.240 e. The summed E-state index contributed by atoms with van der Waals surface area (Å²) in [6, 6.07) is 15.9. The molecule has 0 spiro atoms. The molecule has 1 saturated heterocycles. The van der Waals surface area contributed by atoms with E-state index in [0.29, 0.717) is 11.7 Å². The molecule has 0 radical (unpaired) electrons. The molecule has 1 aliphatic heterocycles. The lowest BCUT2D eigenvalue weighted by Gasteiger charge is -2.29. The average Bonchev–Trinajstić information content (AvgIpc) is 3.33. The van der Waals surface area contributed by atoms with Crippen LogP contribution in [0.2, 0.25) is 0 Å². The van der Waals surface area contributed by atoms with Crippen LogP contribution in [0.3, 0.4) is 0 Å². The maximum absolute atomic E-state index is 12.6. The average molecular weight is 494 g/mol. The van der Waals surface area contributed by atoms with Crippen LogP contribution in [0.25, 0.3) is 11.3 Å². The van der Waals surface area contributed by atoms with Gasteiger partial charge >= 0.3 is 0 Å². The first kappa shape index (κ1) is 24.8. The summed E-state index contributed by atoms with van der Waals surface area (Å²) in [6.45, 7) is 7.98. The minimum atomic E-state index is -0.195. The zero-order valence-corrected chi connectivity index (χ0v) is 20.9. The summed E-state index contributed by atoms with van der Waals surface area (Å²) in [4.78, 5) is 33.7. The number of benzene rings is 2. The number of amides is 2. The summed E-state index contributed by atoms with van der Waals surface area (Å²) >= 11 is 1.39. The number of thiazole rings is 1. The van der Waals surface area contributed by atoms with Crippen LogP contribution < -0.4 is 15.5 Å². The van der Waals surface area contributed by atoms with Gasteiger partial charge in [0.25, 0.3) is 0 Å². The molecule has 8 nitrogen and oxygen atoms in total. The number of nitrogens with one attached hydrogen (secondary N) is 2. The second-order valence-corrected chi connectivity index (χ2v) is 9.31. The van der Waals surface area contributed by atoms with Gasteiger partial charge in [0.1, 0.15) is 0 Å². The molecule has 4 rings (SSSR count). The SMILES string of the molecule is CCN(CC(=O)Nc1ccc(N2CCOCC2)cc1)CC(=O)Nc1nc(-c2ccc(C)cc2)cs1. The van der Waals surface area contributed by atoms with Gasteiger partial charge in [0.05, 0.1) is 32.0 Å². The van der Waals surface area contributed by atoms with Crippen molar-refractivity contribution in [1.29, 1.82) is 0 Å². The van der Waals surface area contributed by atoms with Gasteiger partial charge in [-0.2, -0.15) is 0 Å². The second kappa shape index (κ2) is 11.9. The summed E-state index contributed by atoms with van der Waals surface area (Å²) in [5.74, 6) is -0.353. The number of hydrogen-bond donors (Lipinski definition) is 2. The van der Waals surface area contributed by atoms with Crippen LogP contribution in [0.4, 0.5) is 16.5 Å². The molecule has 2 aromatic carbocycles. The number of nitrogens with zero attached hydrogens (tertiary/aromatic N) is 3. The van der Waals surface area contributed by atoms with E-state index in [2.05, 4.69) is 20.5 Å². The first-order chi connectivity index (χ1) is 17.0. The van der Waals surface area contributed by atoms with E-state index < -0.39 is 0 Å². The van der Waals surface area contributed by atoms with Crippen LogP contribution in [0.5, 0.6) is 0 Å². The van der Waals surface area contributed by atoms with E-state index in [-0.39, 0.29) is 24.9 Å².